The molecule has 2 aromatic heterocycles. The molecule has 0 radical (unpaired) electrons. The maximum absolute atomic E-state index is 13.4. The van der Waals surface area contributed by atoms with Crippen LogP contribution in [0.2, 0.25) is 5.02 Å². The number of ether oxygens (including phenoxy) is 1. The summed E-state index contributed by atoms with van der Waals surface area (Å²) < 4.78 is 21.0. The molecule has 8 nitrogen and oxygen atoms in total. The second kappa shape index (κ2) is 8.54. The number of aromatic nitrogens is 5. The van der Waals surface area contributed by atoms with Gasteiger partial charge in [-0.15, -0.1) is 5.10 Å². The molecular weight excluding hydrogens is 433 g/mol. The summed E-state index contributed by atoms with van der Waals surface area (Å²) in [4.78, 5) is 15.6. The van der Waals surface area contributed by atoms with E-state index in [1.54, 1.807) is 11.0 Å². The van der Waals surface area contributed by atoms with Gasteiger partial charge in [-0.2, -0.15) is 4.98 Å². The summed E-state index contributed by atoms with van der Waals surface area (Å²) in [6.07, 6.45) is 3.96. The minimum absolute atomic E-state index is 0.00521. The average molecular weight is 458 g/mol. The first-order chi connectivity index (χ1) is 15.5. The van der Waals surface area contributed by atoms with E-state index in [2.05, 4.69) is 30.3 Å². The van der Waals surface area contributed by atoms with E-state index in [1.165, 1.54) is 18.2 Å². The third-order valence-corrected chi connectivity index (χ3v) is 6.57. The highest BCUT2D eigenvalue weighted by Crippen LogP contribution is 2.40. The molecule has 3 heterocycles. The van der Waals surface area contributed by atoms with E-state index < -0.39 is 5.82 Å². The van der Waals surface area contributed by atoms with Crippen molar-refractivity contribution in [1.29, 1.82) is 0 Å². The van der Waals surface area contributed by atoms with Crippen LogP contribution in [0.4, 0.5) is 16.2 Å². The fraction of sp³-hybridized carbons (Fsp3) is 0.455. The highest BCUT2D eigenvalue weighted by molar-refractivity contribution is 6.30. The van der Waals surface area contributed by atoms with Gasteiger partial charge in [0.1, 0.15) is 23.7 Å². The first kappa shape index (κ1) is 20.9. The van der Waals surface area contributed by atoms with Crippen LogP contribution in [0.15, 0.2) is 30.6 Å². The van der Waals surface area contributed by atoms with Gasteiger partial charge in [0.15, 0.2) is 0 Å². The van der Waals surface area contributed by atoms with E-state index >= 15 is 0 Å². The molecule has 10 heteroatoms. The summed E-state index contributed by atoms with van der Waals surface area (Å²) in [7, 11) is 0. The number of piperidine rings is 1. The smallest absolute Gasteiger partial charge is 0.322 e. The Labute approximate surface area is 190 Å². The highest BCUT2D eigenvalue weighted by atomic mass is 35.5. The fourth-order valence-electron chi connectivity index (χ4n) is 4.72. The Hall–Kier alpha value is -2.94. The van der Waals surface area contributed by atoms with Crippen LogP contribution in [0.1, 0.15) is 25.5 Å². The molecular formula is C22H25ClFN7O. The van der Waals surface area contributed by atoms with Gasteiger partial charge in [-0.3, -0.25) is 0 Å². The van der Waals surface area contributed by atoms with Gasteiger partial charge >= 0.3 is 6.01 Å². The number of fused-ring (bicyclic) bond motifs is 2. The predicted molar refractivity (Wildman–Crippen MR) is 120 cm³/mol. The maximum atomic E-state index is 13.4. The minimum atomic E-state index is -0.489. The summed E-state index contributed by atoms with van der Waals surface area (Å²) in [6.45, 7) is 6.43. The van der Waals surface area contributed by atoms with Gasteiger partial charge in [-0.25, -0.2) is 19.0 Å². The molecule has 5 rings (SSSR count). The van der Waals surface area contributed by atoms with Crippen LogP contribution in [0.5, 0.6) is 11.8 Å². The van der Waals surface area contributed by atoms with Gasteiger partial charge in [-0.05, 0) is 50.7 Å². The second-order valence-corrected chi connectivity index (χ2v) is 8.81. The molecule has 1 saturated carbocycles. The lowest BCUT2D eigenvalue weighted by Crippen LogP contribution is -2.48. The van der Waals surface area contributed by atoms with E-state index in [0.29, 0.717) is 42.1 Å². The van der Waals surface area contributed by atoms with E-state index in [-0.39, 0.29) is 5.02 Å². The Morgan fingerprint density at radius 2 is 1.97 bits per heavy atom. The highest BCUT2D eigenvalue weighted by Gasteiger charge is 2.43. The number of rotatable bonds is 6. The normalized spacial score (nSPS) is 22.2. The van der Waals surface area contributed by atoms with Gasteiger partial charge in [0.25, 0.3) is 0 Å². The molecule has 2 fully saturated rings. The molecule has 32 heavy (non-hydrogen) atoms. The van der Waals surface area contributed by atoms with Crippen molar-refractivity contribution in [2.45, 2.75) is 39.3 Å². The van der Waals surface area contributed by atoms with Crippen LogP contribution in [0.25, 0.3) is 0 Å². The van der Waals surface area contributed by atoms with Gasteiger partial charge in [0.2, 0.25) is 5.95 Å². The van der Waals surface area contributed by atoms with Crippen molar-refractivity contribution in [3.63, 3.8) is 0 Å². The van der Waals surface area contributed by atoms with Crippen molar-refractivity contribution in [1.82, 2.24) is 24.7 Å². The largest absolute Gasteiger partial charge is 0.424 e. The number of benzene rings is 1. The molecule has 168 valence electrons. The molecule has 0 amide bonds. The van der Waals surface area contributed by atoms with E-state index in [0.717, 1.165) is 37.4 Å². The quantitative estimate of drug-likeness (QED) is 0.590. The Morgan fingerprint density at radius 3 is 2.66 bits per heavy atom. The zero-order valence-corrected chi connectivity index (χ0v) is 18.8. The monoisotopic (exact) mass is 457 g/mol. The lowest BCUT2D eigenvalue weighted by molar-refractivity contribution is 0.374. The number of aryl methyl sites for hydroxylation is 2. The van der Waals surface area contributed by atoms with Gasteiger partial charge in [0.05, 0.1) is 5.02 Å². The van der Waals surface area contributed by atoms with Crippen molar-refractivity contribution in [3.05, 3.63) is 47.1 Å². The average Bonchev–Trinajstić information content (AvgIpc) is 3.25. The van der Waals surface area contributed by atoms with Crippen LogP contribution in [0.3, 0.4) is 0 Å². The summed E-state index contributed by atoms with van der Waals surface area (Å²) in [5.41, 5.74) is 0.979. The Kier molecular flexibility index (Phi) is 5.58. The summed E-state index contributed by atoms with van der Waals surface area (Å²) in [5, 5.41) is 8.14. The molecule has 1 aliphatic carbocycles. The molecule has 0 spiro atoms. The molecule has 2 bridgehead atoms. The molecule has 1 saturated heterocycles. The lowest BCUT2D eigenvalue weighted by atomic mass is 9.92. The first-order valence-electron chi connectivity index (χ1n) is 10.9. The topological polar surface area (TPSA) is 81.0 Å². The van der Waals surface area contributed by atoms with E-state index in [4.69, 9.17) is 16.3 Å². The van der Waals surface area contributed by atoms with Crippen LogP contribution in [-0.4, -0.2) is 43.9 Å². The predicted octanol–water partition coefficient (Wildman–Crippen LogP) is 4.31. The first-order valence-corrected chi connectivity index (χ1v) is 11.3. The zero-order chi connectivity index (χ0) is 22.2. The van der Waals surface area contributed by atoms with E-state index in [1.807, 2.05) is 19.9 Å². The van der Waals surface area contributed by atoms with Crippen molar-refractivity contribution < 1.29 is 9.13 Å². The summed E-state index contributed by atoms with van der Waals surface area (Å²) in [5.74, 6) is 2.43. The summed E-state index contributed by atoms with van der Waals surface area (Å²) >= 11 is 5.87. The molecule has 1 aromatic carbocycles. The second-order valence-electron chi connectivity index (χ2n) is 8.40. The number of hydrogen-bond acceptors (Lipinski definition) is 7. The van der Waals surface area contributed by atoms with Crippen molar-refractivity contribution in [3.8, 4) is 11.8 Å². The number of halogens is 2. The Bertz CT molecular complexity index is 1110. The maximum Gasteiger partial charge on any atom is 0.322 e. The Balaban J connectivity index is 1.30. The standard InChI is InChI=1S/C22H25ClFN7O/c1-3-31-22(32-16-6-7-18(24)17(23)9-16)28-21(29-31)27-20-14-4-5-15(20)11-30(10-14)19-8-13(2)25-12-26-19/h6-9,12,14-15,20H,3-5,10-11H2,1-2H3,(H,27,29). The number of anilines is 2. The number of nitrogens with zero attached hydrogens (tertiary/aromatic N) is 6. The molecule has 2 unspecified atom stereocenters. The molecule has 2 aliphatic rings. The minimum Gasteiger partial charge on any atom is -0.424 e. The van der Waals surface area contributed by atoms with Crippen LogP contribution >= 0.6 is 11.6 Å². The van der Waals surface area contributed by atoms with Crippen molar-refractivity contribution >= 4 is 23.4 Å². The molecule has 1 N–H and O–H groups in total. The van der Waals surface area contributed by atoms with Crippen molar-refractivity contribution in [2.24, 2.45) is 11.8 Å². The molecule has 3 aromatic rings. The van der Waals surface area contributed by atoms with E-state index in [9.17, 15) is 4.39 Å². The molecule has 1 aliphatic heterocycles. The number of hydrogen-bond donors (Lipinski definition) is 1. The number of nitrogens with one attached hydrogen (secondary N) is 1. The van der Waals surface area contributed by atoms with Crippen LogP contribution in [0, 0.1) is 24.6 Å². The van der Waals surface area contributed by atoms with Crippen LogP contribution < -0.4 is 15.0 Å². The van der Waals surface area contributed by atoms with Gasteiger partial charge in [0, 0.05) is 43.5 Å². The third kappa shape index (κ3) is 4.09. The zero-order valence-electron chi connectivity index (χ0n) is 18.0. The van der Waals surface area contributed by atoms with Crippen LogP contribution in [-0.2, 0) is 6.54 Å². The van der Waals surface area contributed by atoms with Gasteiger partial charge in [-0.1, -0.05) is 11.6 Å². The Morgan fingerprint density at radius 1 is 1.19 bits per heavy atom. The van der Waals surface area contributed by atoms with Crippen molar-refractivity contribution in [2.75, 3.05) is 23.3 Å². The van der Waals surface area contributed by atoms with Gasteiger partial charge < -0.3 is 15.0 Å². The SMILES string of the molecule is CCn1nc(NC2C3CCC2CN(c2cc(C)ncn2)C3)nc1Oc1ccc(F)c(Cl)c1. The molecule has 2 atom stereocenters. The lowest BCUT2D eigenvalue weighted by Gasteiger charge is -2.38. The summed E-state index contributed by atoms with van der Waals surface area (Å²) in [6, 6.07) is 6.92. The fourth-order valence-corrected chi connectivity index (χ4v) is 4.89. The third-order valence-electron chi connectivity index (χ3n) is 6.28.